The molecule has 1 spiro atoms. The summed E-state index contributed by atoms with van der Waals surface area (Å²) in [6.07, 6.45) is 4.19. The van der Waals surface area contributed by atoms with Crippen LogP contribution in [0.15, 0.2) is 12.1 Å². The molecule has 0 bridgehead atoms. The second kappa shape index (κ2) is 4.79. The number of carbonyl (C=O) groups excluding carboxylic acids is 1. The average Bonchev–Trinajstić information content (AvgIpc) is 2.99. The molecule has 104 valence electrons. The third-order valence-electron chi connectivity index (χ3n) is 4.03. The molecule has 19 heavy (non-hydrogen) atoms. The Morgan fingerprint density at radius 3 is 2.84 bits per heavy atom. The highest BCUT2D eigenvalue weighted by atomic mass is 32.2. The van der Waals surface area contributed by atoms with Gasteiger partial charge in [0.25, 0.3) is 0 Å². The Labute approximate surface area is 122 Å². The Kier molecular flexibility index (Phi) is 3.39. The Bertz CT molecular complexity index is 495. The summed E-state index contributed by atoms with van der Waals surface area (Å²) < 4.78 is 0. The van der Waals surface area contributed by atoms with Gasteiger partial charge in [0, 0.05) is 21.5 Å². The Hall–Kier alpha value is -0.520. The molecule has 2 atom stereocenters. The summed E-state index contributed by atoms with van der Waals surface area (Å²) in [4.78, 5) is 17.2. The van der Waals surface area contributed by atoms with Crippen molar-refractivity contribution in [3.63, 3.8) is 0 Å². The zero-order chi connectivity index (χ0) is 13.6. The van der Waals surface area contributed by atoms with E-state index < -0.39 is 0 Å². The minimum atomic E-state index is -0.222. The lowest BCUT2D eigenvalue weighted by Gasteiger charge is -2.25. The third-order valence-corrected chi connectivity index (χ3v) is 6.04. The number of hydrogen-bond acceptors (Lipinski definition) is 4. The van der Waals surface area contributed by atoms with Crippen molar-refractivity contribution in [1.29, 1.82) is 0 Å². The zero-order valence-electron chi connectivity index (χ0n) is 11.6. The maximum absolute atomic E-state index is 12.6. The van der Waals surface area contributed by atoms with Crippen LogP contribution in [0.25, 0.3) is 0 Å². The van der Waals surface area contributed by atoms with Crippen LogP contribution in [-0.2, 0) is 4.79 Å². The topological polar surface area (TPSA) is 32.3 Å². The van der Waals surface area contributed by atoms with E-state index in [1.165, 1.54) is 9.75 Å². The lowest BCUT2D eigenvalue weighted by atomic mass is 10.2. The minimum absolute atomic E-state index is 0.0864. The van der Waals surface area contributed by atoms with E-state index in [9.17, 15) is 4.79 Å². The smallest absolute Gasteiger partial charge is 0.244 e. The van der Waals surface area contributed by atoms with Crippen molar-refractivity contribution in [1.82, 2.24) is 10.2 Å². The van der Waals surface area contributed by atoms with E-state index >= 15 is 0 Å². The van der Waals surface area contributed by atoms with Crippen LogP contribution in [0.1, 0.15) is 35.7 Å². The largest absolute Gasteiger partial charge is 0.319 e. The van der Waals surface area contributed by atoms with E-state index in [1.807, 2.05) is 11.8 Å². The molecule has 1 saturated carbocycles. The first-order valence-corrected chi connectivity index (χ1v) is 8.84. The van der Waals surface area contributed by atoms with Crippen LogP contribution < -0.4 is 5.32 Å². The van der Waals surface area contributed by atoms with Gasteiger partial charge in [0.05, 0.1) is 0 Å². The molecule has 2 heterocycles. The molecule has 1 saturated heterocycles. The molecular formula is C14H20N2OS2. The van der Waals surface area contributed by atoms with Crippen molar-refractivity contribution in [2.75, 3.05) is 12.8 Å². The zero-order valence-corrected chi connectivity index (χ0v) is 13.2. The summed E-state index contributed by atoms with van der Waals surface area (Å²) in [5, 5.41) is 4.05. The molecule has 0 aromatic carbocycles. The number of aryl methyl sites for hydroxylation is 1. The molecule has 2 fully saturated rings. The normalized spacial score (nSPS) is 26.2. The molecule has 5 heteroatoms. The maximum Gasteiger partial charge on any atom is 0.244 e. The molecule has 0 radical (unpaired) electrons. The average molecular weight is 296 g/mol. The van der Waals surface area contributed by atoms with Gasteiger partial charge in [0.15, 0.2) is 0 Å². The number of nitrogens with zero attached hydrogens (tertiary/aromatic N) is 1. The summed E-state index contributed by atoms with van der Waals surface area (Å²) in [6.45, 7) is 5.13. The first-order valence-electron chi connectivity index (χ1n) is 6.74. The highest BCUT2D eigenvalue weighted by molar-refractivity contribution is 7.99. The second-order valence-electron chi connectivity index (χ2n) is 5.58. The van der Waals surface area contributed by atoms with Gasteiger partial charge in [0.1, 0.15) is 11.7 Å². The highest BCUT2D eigenvalue weighted by Crippen LogP contribution is 2.47. The van der Waals surface area contributed by atoms with Crippen molar-refractivity contribution < 1.29 is 4.79 Å². The van der Waals surface area contributed by atoms with Gasteiger partial charge in [-0.15, -0.1) is 11.3 Å². The molecule has 1 amide bonds. The van der Waals surface area contributed by atoms with E-state index in [1.54, 1.807) is 11.3 Å². The van der Waals surface area contributed by atoms with E-state index in [0.29, 0.717) is 11.2 Å². The van der Waals surface area contributed by atoms with Crippen LogP contribution in [-0.4, -0.2) is 34.4 Å². The van der Waals surface area contributed by atoms with Crippen LogP contribution in [0.3, 0.4) is 0 Å². The predicted molar refractivity (Wildman–Crippen MR) is 81.6 cm³/mol. The quantitative estimate of drug-likeness (QED) is 0.927. The van der Waals surface area contributed by atoms with E-state index in [2.05, 4.69) is 42.5 Å². The fraction of sp³-hybridized carbons (Fsp3) is 0.643. The summed E-state index contributed by atoms with van der Waals surface area (Å²) in [5.41, 5.74) is -0.222. The molecule has 1 aliphatic carbocycles. The third kappa shape index (κ3) is 2.32. The lowest BCUT2D eigenvalue weighted by molar-refractivity contribution is -0.130. The van der Waals surface area contributed by atoms with Gasteiger partial charge in [0.2, 0.25) is 5.91 Å². The fourth-order valence-corrected chi connectivity index (χ4v) is 3.89. The van der Waals surface area contributed by atoms with Crippen LogP contribution in [0.4, 0.5) is 0 Å². The van der Waals surface area contributed by atoms with Crippen LogP contribution in [0, 0.1) is 6.92 Å². The standard InChI is InChI=1S/C14H20N2OS2/c1-9-4-5-11(19-9)12-15-14(6-7-14)13(17)16(12)8-10(2)18-3/h4-5,10,12,15H,6-8H2,1-3H3. The summed E-state index contributed by atoms with van der Waals surface area (Å²) >= 11 is 3.61. The van der Waals surface area contributed by atoms with Gasteiger partial charge in [-0.25, -0.2) is 0 Å². The SMILES string of the molecule is CSC(C)CN1C(=O)C2(CC2)NC1c1ccc(C)s1. The van der Waals surface area contributed by atoms with Gasteiger partial charge in [-0.1, -0.05) is 6.92 Å². The molecule has 1 N–H and O–H groups in total. The molecular weight excluding hydrogens is 276 g/mol. The number of hydrogen-bond donors (Lipinski definition) is 1. The number of thiophene rings is 1. The van der Waals surface area contributed by atoms with Gasteiger partial charge in [-0.3, -0.25) is 10.1 Å². The van der Waals surface area contributed by atoms with Crippen molar-refractivity contribution in [2.24, 2.45) is 0 Å². The maximum atomic E-state index is 12.6. The van der Waals surface area contributed by atoms with Gasteiger partial charge in [-0.2, -0.15) is 11.8 Å². The molecule has 1 aliphatic heterocycles. The van der Waals surface area contributed by atoms with Crippen molar-refractivity contribution >= 4 is 29.0 Å². The van der Waals surface area contributed by atoms with Crippen molar-refractivity contribution in [3.05, 3.63) is 21.9 Å². The van der Waals surface area contributed by atoms with Crippen LogP contribution in [0.5, 0.6) is 0 Å². The summed E-state index contributed by atoms with van der Waals surface area (Å²) in [5.74, 6) is 0.310. The minimum Gasteiger partial charge on any atom is -0.319 e. The molecule has 2 unspecified atom stereocenters. The van der Waals surface area contributed by atoms with Gasteiger partial charge in [-0.05, 0) is 38.2 Å². The first kappa shape index (κ1) is 13.5. The predicted octanol–water partition coefficient (Wildman–Crippen LogP) is 2.77. The molecule has 1 aromatic heterocycles. The van der Waals surface area contributed by atoms with Gasteiger partial charge >= 0.3 is 0 Å². The van der Waals surface area contributed by atoms with Gasteiger partial charge < -0.3 is 4.90 Å². The molecule has 2 aliphatic rings. The summed E-state index contributed by atoms with van der Waals surface area (Å²) in [6, 6.07) is 4.29. The van der Waals surface area contributed by atoms with Crippen LogP contribution >= 0.6 is 23.1 Å². The number of rotatable bonds is 4. The number of thioether (sulfide) groups is 1. The Balaban J connectivity index is 1.86. The highest BCUT2D eigenvalue weighted by Gasteiger charge is 2.59. The molecule has 3 rings (SSSR count). The van der Waals surface area contributed by atoms with Crippen molar-refractivity contribution in [2.45, 2.75) is 43.6 Å². The fourth-order valence-electron chi connectivity index (χ4n) is 2.64. The van der Waals surface area contributed by atoms with E-state index in [-0.39, 0.29) is 11.7 Å². The second-order valence-corrected chi connectivity index (χ2v) is 8.18. The number of carbonyl (C=O) groups is 1. The first-order chi connectivity index (χ1) is 9.05. The van der Waals surface area contributed by atoms with Crippen molar-refractivity contribution in [3.8, 4) is 0 Å². The lowest BCUT2D eigenvalue weighted by Crippen LogP contribution is -2.35. The number of nitrogens with one attached hydrogen (secondary N) is 1. The van der Waals surface area contributed by atoms with Crippen LogP contribution in [0.2, 0.25) is 0 Å². The Morgan fingerprint density at radius 2 is 2.32 bits per heavy atom. The number of amides is 1. The Morgan fingerprint density at radius 1 is 1.58 bits per heavy atom. The monoisotopic (exact) mass is 296 g/mol. The molecule has 3 nitrogen and oxygen atoms in total. The van der Waals surface area contributed by atoms with E-state index in [0.717, 1.165) is 19.4 Å². The van der Waals surface area contributed by atoms with E-state index in [4.69, 9.17) is 0 Å². The molecule has 1 aromatic rings. The summed E-state index contributed by atoms with van der Waals surface area (Å²) in [7, 11) is 0.